The summed E-state index contributed by atoms with van der Waals surface area (Å²) in [6.45, 7) is 3.62. The zero-order chi connectivity index (χ0) is 15.0. The van der Waals surface area contributed by atoms with Crippen LogP contribution in [-0.2, 0) is 4.79 Å². The first-order chi connectivity index (χ1) is 10.1. The molecule has 21 heavy (non-hydrogen) atoms. The molecule has 1 saturated heterocycles. The number of aromatic carboxylic acids is 1. The van der Waals surface area contributed by atoms with E-state index >= 15 is 0 Å². The third-order valence-corrected chi connectivity index (χ3v) is 4.19. The number of carboxylic acid groups (broad SMARTS) is 1. The van der Waals surface area contributed by atoms with Gasteiger partial charge in [0.2, 0.25) is 5.91 Å². The Morgan fingerprint density at radius 1 is 1.43 bits per heavy atom. The molecule has 2 N–H and O–H groups in total. The van der Waals surface area contributed by atoms with Gasteiger partial charge < -0.3 is 20.1 Å². The molecule has 1 fully saturated rings. The minimum absolute atomic E-state index is 0.0413. The van der Waals surface area contributed by atoms with E-state index in [9.17, 15) is 14.7 Å². The number of hydrogen-bond acceptors (Lipinski definition) is 4. The third-order valence-electron chi connectivity index (χ3n) is 4.19. The van der Waals surface area contributed by atoms with Crippen molar-refractivity contribution in [2.75, 3.05) is 24.6 Å². The predicted octanol–water partition coefficient (Wildman–Crippen LogP) is 1.11. The predicted molar refractivity (Wildman–Crippen MR) is 76.8 cm³/mol. The average molecular weight is 290 g/mol. The quantitative estimate of drug-likeness (QED) is 0.853. The van der Waals surface area contributed by atoms with E-state index in [1.165, 1.54) is 6.07 Å². The lowest BCUT2D eigenvalue weighted by atomic mass is 9.99. The Labute approximate surface area is 122 Å². The number of carbonyl (C=O) groups excluding carboxylic acids is 1. The summed E-state index contributed by atoms with van der Waals surface area (Å²) in [5.41, 5.74) is 0.660. The van der Waals surface area contributed by atoms with Gasteiger partial charge in [0, 0.05) is 6.04 Å². The molecule has 1 amide bonds. The summed E-state index contributed by atoms with van der Waals surface area (Å²) in [7, 11) is 0. The SMILES string of the molecule is CC1NCCC1C(=O)N1CCOc2c(C(=O)O)cccc21. The Bertz CT molecular complexity index is 587. The lowest BCUT2D eigenvalue weighted by Crippen LogP contribution is -2.44. The molecule has 3 rings (SSSR count). The van der Waals surface area contributed by atoms with E-state index in [4.69, 9.17) is 4.74 Å². The number of benzene rings is 1. The van der Waals surface area contributed by atoms with E-state index in [0.717, 1.165) is 13.0 Å². The van der Waals surface area contributed by atoms with Crippen LogP contribution >= 0.6 is 0 Å². The van der Waals surface area contributed by atoms with Crippen molar-refractivity contribution in [3.63, 3.8) is 0 Å². The Hall–Kier alpha value is -2.08. The normalized spacial score (nSPS) is 24.3. The van der Waals surface area contributed by atoms with Crippen LogP contribution in [0.4, 0.5) is 5.69 Å². The average Bonchev–Trinajstić information content (AvgIpc) is 2.91. The van der Waals surface area contributed by atoms with Gasteiger partial charge in [-0.1, -0.05) is 6.07 Å². The highest BCUT2D eigenvalue weighted by molar-refractivity contribution is 6.01. The molecule has 6 nitrogen and oxygen atoms in total. The number of hydrogen-bond donors (Lipinski definition) is 2. The van der Waals surface area contributed by atoms with Gasteiger partial charge in [-0.05, 0) is 32.0 Å². The lowest BCUT2D eigenvalue weighted by molar-refractivity contribution is -0.122. The van der Waals surface area contributed by atoms with Gasteiger partial charge in [-0.15, -0.1) is 0 Å². The molecule has 2 aliphatic heterocycles. The molecule has 0 spiro atoms. The second-order valence-corrected chi connectivity index (χ2v) is 5.44. The molecule has 2 atom stereocenters. The lowest BCUT2D eigenvalue weighted by Gasteiger charge is -2.32. The maximum atomic E-state index is 12.7. The Balaban J connectivity index is 1.95. The van der Waals surface area contributed by atoms with Gasteiger partial charge in [-0.2, -0.15) is 0 Å². The molecule has 2 aliphatic rings. The highest BCUT2D eigenvalue weighted by Gasteiger charge is 2.36. The number of carbonyl (C=O) groups is 2. The number of amides is 1. The minimum Gasteiger partial charge on any atom is -0.489 e. The van der Waals surface area contributed by atoms with E-state index < -0.39 is 5.97 Å². The van der Waals surface area contributed by atoms with Crippen molar-refractivity contribution in [3.8, 4) is 5.75 Å². The molecule has 0 radical (unpaired) electrons. The summed E-state index contributed by atoms with van der Waals surface area (Å²) in [5, 5.41) is 12.5. The summed E-state index contributed by atoms with van der Waals surface area (Å²) in [6, 6.07) is 5.03. The molecule has 1 aromatic carbocycles. The molecule has 0 aliphatic carbocycles. The molecule has 6 heteroatoms. The zero-order valence-corrected chi connectivity index (χ0v) is 11.8. The van der Waals surface area contributed by atoms with Crippen molar-refractivity contribution in [1.82, 2.24) is 5.32 Å². The van der Waals surface area contributed by atoms with Gasteiger partial charge in [0.15, 0.2) is 5.75 Å². The smallest absolute Gasteiger partial charge is 0.339 e. The van der Waals surface area contributed by atoms with Crippen LogP contribution in [0.3, 0.4) is 0 Å². The highest BCUT2D eigenvalue weighted by Crippen LogP contribution is 2.36. The summed E-state index contributed by atoms with van der Waals surface area (Å²) in [6.07, 6.45) is 0.811. The topological polar surface area (TPSA) is 78.9 Å². The maximum Gasteiger partial charge on any atom is 0.339 e. The van der Waals surface area contributed by atoms with Gasteiger partial charge in [-0.25, -0.2) is 4.79 Å². The van der Waals surface area contributed by atoms with Crippen LogP contribution in [0, 0.1) is 5.92 Å². The van der Waals surface area contributed by atoms with Crippen molar-refractivity contribution in [3.05, 3.63) is 23.8 Å². The molecular weight excluding hydrogens is 272 g/mol. The van der Waals surface area contributed by atoms with E-state index in [1.807, 2.05) is 6.92 Å². The third kappa shape index (κ3) is 2.35. The van der Waals surface area contributed by atoms with Crippen LogP contribution in [0.15, 0.2) is 18.2 Å². The van der Waals surface area contributed by atoms with Gasteiger partial charge in [-0.3, -0.25) is 4.79 Å². The number of rotatable bonds is 2. The van der Waals surface area contributed by atoms with Gasteiger partial charge >= 0.3 is 5.97 Å². The fourth-order valence-electron chi connectivity index (χ4n) is 3.04. The van der Waals surface area contributed by atoms with Crippen LogP contribution in [0.25, 0.3) is 0 Å². The van der Waals surface area contributed by atoms with E-state index in [1.54, 1.807) is 17.0 Å². The molecule has 0 aromatic heterocycles. The summed E-state index contributed by atoms with van der Waals surface area (Å²) >= 11 is 0. The molecule has 0 bridgehead atoms. The molecular formula is C15H18N2O4. The molecule has 0 saturated carbocycles. The first-order valence-electron chi connectivity index (χ1n) is 7.13. The van der Waals surface area contributed by atoms with Gasteiger partial charge in [0.25, 0.3) is 0 Å². The number of carboxylic acids is 1. The molecule has 1 aromatic rings. The van der Waals surface area contributed by atoms with Gasteiger partial charge in [0.05, 0.1) is 18.2 Å². The van der Waals surface area contributed by atoms with Crippen molar-refractivity contribution < 1.29 is 19.4 Å². The molecule has 2 unspecified atom stereocenters. The van der Waals surface area contributed by atoms with E-state index in [2.05, 4.69) is 5.32 Å². The Morgan fingerprint density at radius 2 is 2.24 bits per heavy atom. The van der Waals surface area contributed by atoms with Crippen molar-refractivity contribution in [1.29, 1.82) is 0 Å². The largest absolute Gasteiger partial charge is 0.489 e. The number of ether oxygens (including phenoxy) is 1. The van der Waals surface area contributed by atoms with Crippen molar-refractivity contribution in [2.45, 2.75) is 19.4 Å². The van der Waals surface area contributed by atoms with Gasteiger partial charge in [0.1, 0.15) is 12.2 Å². The van der Waals surface area contributed by atoms with Crippen molar-refractivity contribution in [2.24, 2.45) is 5.92 Å². The standard InChI is InChI=1S/C15H18N2O4/c1-9-10(5-6-16-9)14(18)17-7-8-21-13-11(15(19)20)3-2-4-12(13)17/h2-4,9-10,16H,5-8H2,1H3,(H,19,20). The van der Waals surface area contributed by atoms with E-state index in [-0.39, 0.29) is 23.4 Å². The fourth-order valence-corrected chi connectivity index (χ4v) is 3.04. The second-order valence-electron chi connectivity index (χ2n) is 5.44. The van der Waals surface area contributed by atoms with Crippen LogP contribution in [0.5, 0.6) is 5.75 Å². The number of para-hydroxylation sites is 1. The van der Waals surface area contributed by atoms with Crippen LogP contribution in [-0.4, -0.2) is 42.7 Å². The first-order valence-corrected chi connectivity index (χ1v) is 7.13. The molecule has 2 heterocycles. The fraction of sp³-hybridized carbons (Fsp3) is 0.467. The number of nitrogens with one attached hydrogen (secondary N) is 1. The summed E-state index contributed by atoms with van der Waals surface area (Å²) in [5.74, 6) is -0.774. The number of fused-ring (bicyclic) bond motifs is 1. The highest BCUT2D eigenvalue weighted by atomic mass is 16.5. The van der Waals surface area contributed by atoms with E-state index in [0.29, 0.717) is 24.6 Å². The molecule has 112 valence electrons. The maximum absolute atomic E-state index is 12.7. The van der Waals surface area contributed by atoms with Crippen LogP contribution in [0.1, 0.15) is 23.7 Å². The first kappa shape index (κ1) is 13.9. The minimum atomic E-state index is -1.04. The zero-order valence-electron chi connectivity index (χ0n) is 11.8. The van der Waals surface area contributed by atoms with Crippen molar-refractivity contribution >= 4 is 17.6 Å². The summed E-state index contributed by atoms with van der Waals surface area (Å²) < 4.78 is 5.50. The second kappa shape index (κ2) is 5.37. The van der Waals surface area contributed by atoms with Crippen LogP contribution in [0.2, 0.25) is 0 Å². The Kier molecular flexibility index (Phi) is 3.55. The summed E-state index contributed by atoms with van der Waals surface area (Å²) in [4.78, 5) is 25.7. The van der Waals surface area contributed by atoms with Crippen LogP contribution < -0.4 is 15.0 Å². The number of nitrogens with zero attached hydrogens (tertiary/aromatic N) is 1. The Morgan fingerprint density at radius 3 is 2.90 bits per heavy atom. The monoisotopic (exact) mass is 290 g/mol. The number of anilines is 1.